The second kappa shape index (κ2) is 6.12. The van der Waals surface area contributed by atoms with Crippen molar-refractivity contribution >= 4 is 5.97 Å². The van der Waals surface area contributed by atoms with Crippen LogP contribution in [0.3, 0.4) is 0 Å². The molecule has 0 aliphatic rings. The summed E-state index contributed by atoms with van der Waals surface area (Å²) < 4.78 is 10.3. The second-order valence-electron chi connectivity index (χ2n) is 3.56. The van der Waals surface area contributed by atoms with Gasteiger partial charge in [-0.05, 0) is 31.0 Å². The van der Waals surface area contributed by atoms with Gasteiger partial charge in [-0.3, -0.25) is 0 Å². The number of benzene rings is 1. The van der Waals surface area contributed by atoms with Gasteiger partial charge in [0.1, 0.15) is 19.0 Å². The van der Waals surface area contributed by atoms with Crippen LogP contribution in [0.1, 0.15) is 11.1 Å². The molecule has 1 N–H and O–H groups in total. The topological polar surface area (TPSA) is 55.8 Å². The molecule has 0 radical (unpaired) electrons. The lowest BCUT2D eigenvalue weighted by Gasteiger charge is -2.09. The third-order valence-corrected chi connectivity index (χ3v) is 2.05. The van der Waals surface area contributed by atoms with Gasteiger partial charge in [-0.2, -0.15) is 0 Å². The summed E-state index contributed by atoms with van der Waals surface area (Å²) in [6.45, 7) is 4.31. The summed E-state index contributed by atoms with van der Waals surface area (Å²) in [6.07, 6.45) is 0. The summed E-state index contributed by atoms with van der Waals surface area (Å²) in [6, 6.07) is 5.96. The summed E-state index contributed by atoms with van der Waals surface area (Å²) in [7, 11) is 0. The fourth-order valence-corrected chi connectivity index (χ4v) is 1.23. The average molecular weight is 224 g/mol. The van der Waals surface area contributed by atoms with Crippen LogP contribution in [0.15, 0.2) is 18.2 Å². The molecule has 4 nitrogen and oxygen atoms in total. The monoisotopic (exact) mass is 224 g/mol. The molecule has 1 rings (SSSR count). The number of hydrogen-bond donors (Lipinski definition) is 1. The predicted molar refractivity (Wildman–Crippen MR) is 59.9 cm³/mol. The fourth-order valence-electron chi connectivity index (χ4n) is 1.23. The van der Waals surface area contributed by atoms with Crippen molar-refractivity contribution < 1.29 is 19.4 Å². The van der Waals surface area contributed by atoms with E-state index in [1.807, 2.05) is 32.0 Å². The van der Waals surface area contributed by atoms with Crippen LogP contribution in [-0.2, 0) is 9.53 Å². The summed E-state index contributed by atoms with van der Waals surface area (Å²) in [5.74, 6) is -0.148. The van der Waals surface area contributed by atoms with Gasteiger partial charge < -0.3 is 14.6 Å². The Morgan fingerprint density at radius 3 is 2.75 bits per heavy atom. The molecule has 1 aromatic rings. The smallest absolute Gasteiger partial charge is 0.329 e. The summed E-state index contributed by atoms with van der Waals surface area (Å²) in [5, 5.41) is 8.34. The van der Waals surface area contributed by atoms with Crippen molar-refractivity contribution in [3.63, 3.8) is 0 Å². The first-order chi connectivity index (χ1) is 7.59. The fraction of sp³-hybridized carbons (Fsp3) is 0.417. The first-order valence-electron chi connectivity index (χ1n) is 5.09. The standard InChI is InChI=1S/C12H16O4/c1-9-3-4-10(2)11(7-9)16-6-5-15-8-12(13)14/h3-4,7H,5-6,8H2,1-2H3,(H,13,14). The number of hydrogen-bond acceptors (Lipinski definition) is 3. The zero-order chi connectivity index (χ0) is 12.0. The maximum absolute atomic E-state index is 10.2. The van der Waals surface area contributed by atoms with E-state index in [0.717, 1.165) is 16.9 Å². The van der Waals surface area contributed by atoms with Crippen LogP contribution in [0.5, 0.6) is 5.75 Å². The Morgan fingerprint density at radius 1 is 1.31 bits per heavy atom. The molecule has 0 amide bonds. The van der Waals surface area contributed by atoms with E-state index < -0.39 is 5.97 Å². The van der Waals surface area contributed by atoms with E-state index >= 15 is 0 Å². The number of carboxylic acid groups (broad SMARTS) is 1. The predicted octanol–water partition coefficient (Wildman–Crippen LogP) is 1.78. The SMILES string of the molecule is Cc1ccc(C)c(OCCOCC(=O)O)c1. The van der Waals surface area contributed by atoms with Crippen LogP contribution >= 0.6 is 0 Å². The van der Waals surface area contributed by atoms with Gasteiger partial charge in [-0.25, -0.2) is 4.79 Å². The van der Waals surface area contributed by atoms with Crippen LogP contribution in [0, 0.1) is 13.8 Å². The maximum atomic E-state index is 10.2. The highest BCUT2D eigenvalue weighted by Crippen LogP contribution is 2.18. The highest BCUT2D eigenvalue weighted by Gasteiger charge is 2.00. The van der Waals surface area contributed by atoms with Gasteiger partial charge in [0.2, 0.25) is 0 Å². The Morgan fingerprint density at radius 2 is 2.06 bits per heavy atom. The summed E-state index contributed by atoms with van der Waals surface area (Å²) >= 11 is 0. The van der Waals surface area contributed by atoms with E-state index in [2.05, 4.69) is 0 Å². The number of carbonyl (C=O) groups is 1. The van der Waals surface area contributed by atoms with Crippen molar-refractivity contribution in [3.8, 4) is 5.75 Å². The molecule has 0 fully saturated rings. The molecule has 4 heteroatoms. The van der Waals surface area contributed by atoms with Crippen molar-refractivity contribution in [2.75, 3.05) is 19.8 Å². The molecule has 0 spiro atoms. The Labute approximate surface area is 94.8 Å². The number of aryl methyl sites for hydroxylation is 2. The molecule has 0 unspecified atom stereocenters. The zero-order valence-corrected chi connectivity index (χ0v) is 9.53. The molecule has 0 aliphatic carbocycles. The normalized spacial score (nSPS) is 10.1. The van der Waals surface area contributed by atoms with E-state index in [1.54, 1.807) is 0 Å². The molecule has 0 aromatic heterocycles. The van der Waals surface area contributed by atoms with Gasteiger partial charge in [-0.1, -0.05) is 12.1 Å². The molecule has 88 valence electrons. The quantitative estimate of drug-likeness (QED) is 0.748. The van der Waals surface area contributed by atoms with Crippen LogP contribution in [0.2, 0.25) is 0 Å². The molecule has 0 bridgehead atoms. The molecular weight excluding hydrogens is 208 g/mol. The van der Waals surface area contributed by atoms with E-state index in [0.29, 0.717) is 6.61 Å². The van der Waals surface area contributed by atoms with Gasteiger partial charge in [-0.15, -0.1) is 0 Å². The number of carboxylic acids is 1. The molecule has 0 atom stereocenters. The minimum Gasteiger partial charge on any atom is -0.491 e. The van der Waals surface area contributed by atoms with Crippen LogP contribution < -0.4 is 4.74 Å². The van der Waals surface area contributed by atoms with Crippen molar-refractivity contribution in [3.05, 3.63) is 29.3 Å². The molecule has 0 saturated carbocycles. The van der Waals surface area contributed by atoms with E-state index in [9.17, 15) is 4.79 Å². The third kappa shape index (κ3) is 4.31. The molecular formula is C12H16O4. The number of aliphatic carboxylic acids is 1. The first kappa shape index (κ1) is 12.5. The lowest BCUT2D eigenvalue weighted by molar-refractivity contribution is -0.142. The Bertz CT molecular complexity index is 360. The van der Waals surface area contributed by atoms with Crippen LogP contribution in [0.4, 0.5) is 0 Å². The van der Waals surface area contributed by atoms with E-state index in [1.165, 1.54) is 0 Å². The Hall–Kier alpha value is -1.55. The van der Waals surface area contributed by atoms with Gasteiger partial charge in [0.05, 0.1) is 6.61 Å². The molecule has 16 heavy (non-hydrogen) atoms. The third-order valence-electron chi connectivity index (χ3n) is 2.05. The lowest BCUT2D eigenvalue weighted by Crippen LogP contribution is -2.12. The van der Waals surface area contributed by atoms with Gasteiger partial charge in [0.25, 0.3) is 0 Å². The Kier molecular flexibility index (Phi) is 4.79. The summed E-state index contributed by atoms with van der Waals surface area (Å²) in [4.78, 5) is 10.2. The molecule has 0 saturated heterocycles. The minimum absolute atomic E-state index is 0.277. The van der Waals surface area contributed by atoms with Crippen LogP contribution in [0.25, 0.3) is 0 Å². The minimum atomic E-state index is -0.966. The zero-order valence-electron chi connectivity index (χ0n) is 9.53. The summed E-state index contributed by atoms with van der Waals surface area (Å²) in [5.41, 5.74) is 2.19. The highest BCUT2D eigenvalue weighted by atomic mass is 16.5. The van der Waals surface area contributed by atoms with Crippen molar-refractivity contribution in [2.24, 2.45) is 0 Å². The average Bonchev–Trinajstić information content (AvgIpc) is 2.22. The first-order valence-corrected chi connectivity index (χ1v) is 5.09. The molecule has 1 aromatic carbocycles. The molecule has 0 heterocycles. The van der Waals surface area contributed by atoms with E-state index in [-0.39, 0.29) is 13.2 Å². The van der Waals surface area contributed by atoms with Crippen LogP contribution in [-0.4, -0.2) is 30.9 Å². The van der Waals surface area contributed by atoms with Gasteiger partial charge in [0, 0.05) is 0 Å². The second-order valence-corrected chi connectivity index (χ2v) is 3.56. The molecule has 0 aliphatic heterocycles. The van der Waals surface area contributed by atoms with Gasteiger partial charge >= 0.3 is 5.97 Å². The van der Waals surface area contributed by atoms with E-state index in [4.69, 9.17) is 14.6 Å². The van der Waals surface area contributed by atoms with Crippen molar-refractivity contribution in [1.82, 2.24) is 0 Å². The maximum Gasteiger partial charge on any atom is 0.329 e. The number of rotatable bonds is 6. The lowest BCUT2D eigenvalue weighted by atomic mass is 10.1. The largest absolute Gasteiger partial charge is 0.491 e. The number of ether oxygens (including phenoxy) is 2. The Balaban J connectivity index is 2.31. The highest BCUT2D eigenvalue weighted by molar-refractivity contribution is 5.67. The van der Waals surface area contributed by atoms with Crippen molar-refractivity contribution in [2.45, 2.75) is 13.8 Å². The van der Waals surface area contributed by atoms with Gasteiger partial charge in [0.15, 0.2) is 0 Å². The van der Waals surface area contributed by atoms with Crippen molar-refractivity contribution in [1.29, 1.82) is 0 Å².